The maximum absolute atomic E-state index is 12.5. The molecule has 0 saturated carbocycles. The number of rotatable bonds is 7. The molecule has 1 N–H and O–H groups in total. The largest absolute Gasteiger partial charge is 0.351 e. The van der Waals surface area contributed by atoms with Crippen molar-refractivity contribution in [2.75, 3.05) is 49.9 Å². The zero-order valence-electron chi connectivity index (χ0n) is 18.2. The minimum Gasteiger partial charge on any atom is -0.351 e. The van der Waals surface area contributed by atoms with Crippen LogP contribution in [0, 0.1) is 0 Å². The summed E-state index contributed by atoms with van der Waals surface area (Å²) >= 11 is 5.22. The number of fused-ring (bicyclic) bond motifs is 1. The first-order chi connectivity index (χ1) is 15.4. The summed E-state index contributed by atoms with van der Waals surface area (Å²) in [5, 5.41) is 3.95. The van der Waals surface area contributed by atoms with Gasteiger partial charge in [0.1, 0.15) is 0 Å². The van der Waals surface area contributed by atoms with Crippen molar-refractivity contribution in [3.05, 3.63) is 52.5 Å². The summed E-state index contributed by atoms with van der Waals surface area (Å²) in [5.74, 6) is -0.240. The van der Waals surface area contributed by atoms with Gasteiger partial charge in [0.05, 0.1) is 20.9 Å². The molecule has 2 aromatic carbocycles. The van der Waals surface area contributed by atoms with E-state index in [4.69, 9.17) is 4.98 Å². The Balaban J connectivity index is 0.00000306. The van der Waals surface area contributed by atoms with Gasteiger partial charge in [0.2, 0.25) is 0 Å². The lowest BCUT2D eigenvalue weighted by Gasteiger charge is -2.34. The highest BCUT2D eigenvalue weighted by molar-refractivity contribution is 9.10. The van der Waals surface area contributed by atoms with E-state index in [2.05, 4.69) is 37.1 Å². The van der Waals surface area contributed by atoms with Crippen LogP contribution in [0.15, 0.2) is 51.8 Å². The molecule has 1 fully saturated rings. The Morgan fingerprint density at radius 2 is 1.91 bits per heavy atom. The van der Waals surface area contributed by atoms with Gasteiger partial charge in [-0.1, -0.05) is 40.3 Å². The van der Waals surface area contributed by atoms with E-state index >= 15 is 0 Å². The molecule has 178 valence electrons. The predicted octanol–water partition coefficient (Wildman–Crippen LogP) is 3.83. The molecular formula is C22H26BrClN4O3S2. The molecule has 11 heteroatoms. The molecule has 7 nitrogen and oxygen atoms in total. The van der Waals surface area contributed by atoms with Crippen molar-refractivity contribution in [1.29, 1.82) is 0 Å². The number of nitrogens with zero attached hydrogens (tertiary/aromatic N) is 3. The molecule has 2 heterocycles. The first-order valence-electron chi connectivity index (χ1n) is 10.5. The van der Waals surface area contributed by atoms with Gasteiger partial charge < -0.3 is 10.2 Å². The molecular weight excluding hydrogens is 548 g/mol. The van der Waals surface area contributed by atoms with Crippen molar-refractivity contribution in [3.63, 3.8) is 0 Å². The van der Waals surface area contributed by atoms with Crippen molar-refractivity contribution in [2.24, 2.45) is 0 Å². The number of nitrogens with one attached hydrogen (secondary N) is 1. The topological polar surface area (TPSA) is 82.6 Å². The van der Waals surface area contributed by atoms with Crippen molar-refractivity contribution in [1.82, 2.24) is 15.2 Å². The number of piperazine rings is 1. The van der Waals surface area contributed by atoms with Gasteiger partial charge >= 0.3 is 0 Å². The van der Waals surface area contributed by atoms with Gasteiger partial charge in [-0.3, -0.25) is 9.69 Å². The maximum Gasteiger partial charge on any atom is 0.251 e. The maximum atomic E-state index is 12.5. The van der Waals surface area contributed by atoms with E-state index in [0.717, 1.165) is 47.8 Å². The number of halogens is 2. The molecule has 4 rings (SSSR count). The Kier molecular flexibility index (Phi) is 8.74. The van der Waals surface area contributed by atoms with Gasteiger partial charge in [-0.05, 0) is 36.4 Å². The Morgan fingerprint density at radius 1 is 1.15 bits per heavy atom. The third-order valence-corrected chi connectivity index (χ3v) is 8.84. The number of amides is 1. The Bertz CT molecular complexity index is 1230. The minimum atomic E-state index is -3.33. The zero-order valence-corrected chi connectivity index (χ0v) is 22.2. The summed E-state index contributed by atoms with van der Waals surface area (Å²) < 4.78 is 26.3. The second kappa shape index (κ2) is 11.1. The summed E-state index contributed by atoms with van der Waals surface area (Å²) in [4.78, 5) is 22.0. The normalized spacial score (nSPS) is 14.8. The molecule has 1 aliphatic heterocycles. The predicted molar refractivity (Wildman–Crippen MR) is 140 cm³/mol. The van der Waals surface area contributed by atoms with Crippen LogP contribution in [0.4, 0.5) is 5.13 Å². The van der Waals surface area contributed by atoms with E-state index in [1.807, 2.05) is 12.1 Å². The number of sulfone groups is 1. The fourth-order valence-electron chi connectivity index (χ4n) is 3.61. The van der Waals surface area contributed by atoms with Gasteiger partial charge in [0, 0.05) is 49.3 Å². The monoisotopic (exact) mass is 572 g/mol. The molecule has 0 bridgehead atoms. The number of aromatic nitrogens is 1. The zero-order chi connectivity index (χ0) is 22.7. The fourth-order valence-corrected chi connectivity index (χ4v) is 6.11. The minimum absolute atomic E-state index is 0. The van der Waals surface area contributed by atoms with Gasteiger partial charge in [0.25, 0.3) is 5.91 Å². The van der Waals surface area contributed by atoms with Gasteiger partial charge in [-0.15, -0.1) is 12.4 Å². The third-order valence-electron chi connectivity index (χ3n) is 5.53. The molecule has 0 spiro atoms. The average Bonchev–Trinajstić information content (AvgIpc) is 3.22. The number of thiazole rings is 1. The van der Waals surface area contributed by atoms with E-state index < -0.39 is 9.84 Å². The van der Waals surface area contributed by atoms with E-state index in [1.165, 1.54) is 16.8 Å². The molecule has 1 amide bonds. The number of hydrogen-bond donors (Lipinski definition) is 1. The second-order valence-electron chi connectivity index (χ2n) is 7.62. The highest BCUT2D eigenvalue weighted by Gasteiger charge is 2.20. The van der Waals surface area contributed by atoms with Crippen molar-refractivity contribution in [3.8, 4) is 0 Å². The highest BCUT2D eigenvalue weighted by Crippen LogP contribution is 2.31. The molecule has 1 aromatic heterocycles. The molecule has 0 atom stereocenters. The Labute approximate surface area is 212 Å². The van der Waals surface area contributed by atoms with E-state index in [-0.39, 0.29) is 29.0 Å². The average molecular weight is 574 g/mol. The smallest absolute Gasteiger partial charge is 0.251 e. The van der Waals surface area contributed by atoms with Gasteiger partial charge in [-0.2, -0.15) is 0 Å². The number of hydrogen-bond acceptors (Lipinski definition) is 7. The van der Waals surface area contributed by atoms with Crippen LogP contribution < -0.4 is 10.2 Å². The van der Waals surface area contributed by atoms with Crippen LogP contribution in [-0.4, -0.2) is 69.2 Å². The van der Waals surface area contributed by atoms with Gasteiger partial charge in [0.15, 0.2) is 15.0 Å². The number of carbonyl (C=O) groups excluding carboxylic acids is 1. The first kappa shape index (κ1) is 25.9. The van der Waals surface area contributed by atoms with Gasteiger partial charge in [-0.25, -0.2) is 13.4 Å². The molecule has 33 heavy (non-hydrogen) atoms. The Morgan fingerprint density at radius 3 is 2.64 bits per heavy atom. The number of benzene rings is 2. The SMILES string of the molecule is CCS(=O)(=O)c1cccc(C(=O)NCCN2CCN(c3nc4ccc(Br)cc4s3)CC2)c1.Cl. The number of anilines is 1. The summed E-state index contributed by atoms with van der Waals surface area (Å²) in [6.07, 6.45) is 0. The number of carbonyl (C=O) groups is 1. The van der Waals surface area contributed by atoms with Crippen LogP contribution in [-0.2, 0) is 9.84 Å². The van der Waals surface area contributed by atoms with Crippen LogP contribution in [0.1, 0.15) is 17.3 Å². The van der Waals surface area contributed by atoms with Crippen LogP contribution in [0.25, 0.3) is 10.2 Å². The summed E-state index contributed by atoms with van der Waals surface area (Å²) in [6.45, 7) is 6.45. The molecule has 0 unspecified atom stereocenters. The molecule has 0 aliphatic carbocycles. The molecule has 1 aliphatic rings. The van der Waals surface area contributed by atoms with E-state index in [1.54, 1.807) is 30.4 Å². The first-order valence-corrected chi connectivity index (χ1v) is 13.8. The summed E-state index contributed by atoms with van der Waals surface area (Å²) in [7, 11) is -3.33. The molecule has 1 saturated heterocycles. The van der Waals surface area contributed by atoms with E-state index in [9.17, 15) is 13.2 Å². The van der Waals surface area contributed by atoms with Crippen molar-refractivity contribution >= 4 is 70.8 Å². The fraction of sp³-hybridized carbons (Fsp3) is 0.364. The van der Waals surface area contributed by atoms with Crippen LogP contribution >= 0.6 is 39.7 Å². The second-order valence-corrected chi connectivity index (χ2v) is 11.8. The summed E-state index contributed by atoms with van der Waals surface area (Å²) in [6, 6.07) is 12.4. The Hall–Kier alpha value is -1.72. The van der Waals surface area contributed by atoms with Crippen LogP contribution in [0.5, 0.6) is 0 Å². The lowest BCUT2D eigenvalue weighted by molar-refractivity contribution is 0.0947. The third kappa shape index (κ3) is 6.24. The van der Waals surface area contributed by atoms with Crippen LogP contribution in [0.3, 0.4) is 0 Å². The van der Waals surface area contributed by atoms with Crippen LogP contribution in [0.2, 0.25) is 0 Å². The summed E-state index contributed by atoms with van der Waals surface area (Å²) in [5.41, 5.74) is 1.39. The lowest BCUT2D eigenvalue weighted by Crippen LogP contribution is -2.48. The van der Waals surface area contributed by atoms with Crippen molar-refractivity contribution < 1.29 is 13.2 Å². The molecule has 3 aromatic rings. The molecule has 0 radical (unpaired) electrons. The van der Waals surface area contributed by atoms with E-state index in [0.29, 0.717) is 12.1 Å². The highest BCUT2D eigenvalue weighted by atomic mass is 79.9. The quantitative estimate of drug-likeness (QED) is 0.463. The van der Waals surface area contributed by atoms with Crippen molar-refractivity contribution in [2.45, 2.75) is 11.8 Å². The standard InChI is InChI=1S/C22H25BrN4O3S2.ClH/c1-2-32(29,30)18-5-3-4-16(14-18)21(28)24-8-9-26-10-12-27(13-11-26)22-25-19-7-6-17(23)15-20(19)31-22;/h3-7,14-15H,2,8-13H2,1H3,(H,24,28);1H. The lowest BCUT2D eigenvalue weighted by atomic mass is 10.2.